The lowest BCUT2D eigenvalue weighted by Gasteiger charge is -2.41. The van der Waals surface area contributed by atoms with Gasteiger partial charge in [-0.2, -0.15) is 0 Å². The molecular formula is C13H24N2O3. The molecule has 0 aromatic rings. The van der Waals surface area contributed by atoms with Crippen LogP contribution in [-0.2, 0) is 9.59 Å². The number of carboxylic acid groups (broad SMARTS) is 1. The van der Waals surface area contributed by atoms with Crippen LogP contribution >= 0.6 is 0 Å². The van der Waals surface area contributed by atoms with E-state index in [1.54, 1.807) is 25.9 Å². The van der Waals surface area contributed by atoms with Gasteiger partial charge < -0.3 is 10.0 Å². The van der Waals surface area contributed by atoms with Crippen molar-refractivity contribution < 1.29 is 14.7 Å². The molecule has 1 saturated heterocycles. The van der Waals surface area contributed by atoms with Crippen LogP contribution < -0.4 is 0 Å². The van der Waals surface area contributed by atoms with Crippen LogP contribution in [0.2, 0.25) is 0 Å². The summed E-state index contributed by atoms with van der Waals surface area (Å²) in [6.07, 6.45) is 3.92. The molecule has 104 valence electrons. The number of nitrogens with zero attached hydrogens (tertiary/aromatic N) is 2. The Kier molecular flexibility index (Phi) is 5.14. The maximum atomic E-state index is 11.5. The summed E-state index contributed by atoms with van der Waals surface area (Å²) in [6, 6.07) is 0. The first-order valence-electron chi connectivity index (χ1n) is 6.56. The summed E-state index contributed by atoms with van der Waals surface area (Å²) in [5.41, 5.74) is -0.751. The van der Waals surface area contributed by atoms with Gasteiger partial charge in [0, 0.05) is 20.5 Å². The van der Waals surface area contributed by atoms with E-state index in [0.29, 0.717) is 19.4 Å². The normalized spacial score (nSPS) is 24.8. The van der Waals surface area contributed by atoms with Gasteiger partial charge in [0.2, 0.25) is 5.91 Å². The van der Waals surface area contributed by atoms with Gasteiger partial charge in [0.05, 0.1) is 0 Å². The van der Waals surface area contributed by atoms with Gasteiger partial charge in [0.1, 0.15) is 5.54 Å². The van der Waals surface area contributed by atoms with E-state index in [1.807, 2.05) is 4.90 Å². The minimum Gasteiger partial charge on any atom is -0.480 e. The quantitative estimate of drug-likeness (QED) is 0.802. The van der Waals surface area contributed by atoms with Gasteiger partial charge in [-0.3, -0.25) is 14.5 Å². The van der Waals surface area contributed by atoms with Gasteiger partial charge in [-0.15, -0.1) is 0 Å². The van der Waals surface area contributed by atoms with Crippen molar-refractivity contribution in [3.63, 3.8) is 0 Å². The number of likely N-dealkylation sites (tertiary alicyclic amines) is 1. The maximum Gasteiger partial charge on any atom is 0.323 e. The summed E-state index contributed by atoms with van der Waals surface area (Å²) >= 11 is 0. The molecule has 0 aliphatic carbocycles. The Morgan fingerprint density at radius 1 is 1.33 bits per heavy atom. The highest BCUT2D eigenvalue weighted by atomic mass is 16.4. The third kappa shape index (κ3) is 3.45. The van der Waals surface area contributed by atoms with Crippen molar-refractivity contribution >= 4 is 11.9 Å². The fraction of sp³-hybridized carbons (Fsp3) is 0.846. The van der Waals surface area contributed by atoms with Crippen LogP contribution in [-0.4, -0.2) is 59.5 Å². The average Bonchev–Trinajstić information content (AvgIpc) is 2.31. The van der Waals surface area contributed by atoms with Crippen LogP contribution in [0, 0.1) is 0 Å². The highest BCUT2D eigenvalue weighted by molar-refractivity contribution is 5.78. The number of rotatable bonds is 5. The van der Waals surface area contributed by atoms with Crippen LogP contribution in [0.15, 0.2) is 0 Å². The number of carbonyl (C=O) groups excluding carboxylic acids is 1. The second-order valence-corrected chi connectivity index (χ2v) is 5.41. The van der Waals surface area contributed by atoms with Gasteiger partial charge in [0.25, 0.3) is 0 Å². The molecule has 0 bridgehead atoms. The van der Waals surface area contributed by atoms with Gasteiger partial charge in [-0.05, 0) is 45.7 Å². The number of hydrogen-bond donors (Lipinski definition) is 1. The Morgan fingerprint density at radius 2 is 2.00 bits per heavy atom. The van der Waals surface area contributed by atoms with E-state index in [9.17, 15) is 14.7 Å². The average molecular weight is 256 g/mol. The lowest BCUT2D eigenvalue weighted by Crippen LogP contribution is -2.55. The molecule has 1 atom stereocenters. The van der Waals surface area contributed by atoms with Gasteiger partial charge in [0.15, 0.2) is 0 Å². The molecule has 1 aliphatic rings. The molecule has 0 spiro atoms. The molecular weight excluding hydrogens is 232 g/mol. The van der Waals surface area contributed by atoms with E-state index in [2.05, 4.69) is 0 Å². The number of aliphatic carboxylic acids is 1. The molecule has 0 aromatic carbocycles. The van der Waals surface area contributed by atoms with Crippen LogP contribution in [0.1, 0.15) is 39.0 Å². The predicted octanol–water partition coefficient (Wildman–Crippen LogP) is 1.18. The molecule has 18 heavy (non-hydrogen) atoms. The van der Waals surface area contributed by atoms with Crippen molar-refractivity contribution in [3.05, 3.63) is 0 Å². The fourth-order valence-electron chi connectivity index (χ4n) is 2.42. The summed E-state index contributed by atoms with van der Waals surface area (Å²) < 4.78 is 0. The maximum absolute atomic E-state index is 11.5. The summed E-state index contributed by atoms with van der Waals surface area (Å²) in [5.74, 6) is -0.648. The van der Waals surface area contributed by atoms with Crippen molar-refractivity contribution in [3.8, 4) is 0 Å². The van der Waals surface area contributed by atoms with Crippen molar-refractivity contribution in [1.82, 2.24) is 9.80 Å². The van der Waals surface area contributed by atoms with Gasteiger partial charge in [-0.1, -0.05) is 0 Å². The van der Waals surface area contributed by atoms with Crippen LogP contribution in [0.5, 0.6) is 0 Å². The zero-order valence-corrected chi connectivity index (χ0v) is 11.6. The first-order valence-corrected chi connectivity index (χ1v) is 6.56. The Labute approximate surface area is 109 Å². The summed E-state index contributed by atoms with van der Waals surface area (Å²) in [6.45, 7) is 3.30. The molecule has 1 rings (SSSR count). The minimum absolute atomic E-state index is 0.101. The van der Waals surface area contributed by atoms with Crippen LogP contribution in [0.25, 0.3) is 0 Å². The van der Waals surface area contributed by atoms with E-state index in [-0.39, 0.29) is 5.91 Å². The van der Waals surface area contributed by atoms with E-state index >= 15 is 0 Å². The molecule has 1 aliphatic heterocycles. The molecule has 5 heteroatoms. The summed E-state index contributed by atoms with van der Waals surface area (Å²) in [7, 11) is 3.48. The molecule has 5 nitrogen and oxygen atoms in total. The van der Waals surface area contributed by atoms with Crippen molar-refractivity contribution in [1.29, 1.82) is 0 Å². The lowest BCUT2D eigenvalue weighted by molar-refractivity contribution is -0.152. The monoisotopic (exact) mass is 256 g/mol. The largest absolute Gasteiger partial charge is 0.480 e. The molecule has 0 aromatic heterocycles. The van der Waals surface area contributed by atoms with Crippen LogP contribution in [0.4, 0.5) is 0 Å². The minimum atomic E-state index is -0.751. The SMILES string of the molecule is CN(C)C(=O)CCCN1CCCCC1(C)C(=O)O. The third-order valence-electron chi connectivity index (χ3n) is 3.82. The van der Waals surface area contributed by atoms with Gasteiger partial charge in [-0.25, -0.2) is 0 Å². The Balaban J connectivity index is 2.48. The predicted molar refractivity (Wildman–Crippen MR) is 69.4 cm³/mol. The number of carboxylic acids is 1. The molecule has 0 radical (unpaired) electrons. The Morgan fingerprint density at radius 3 is 2.56 bits per heavy atom. The zero-order valence-electron chi connectivity index (χ0n) is 11.6. The Hall–Kier alpha value is -1.10. The topological polar surface area (TPSA) is 60.9 Å². The number of carbonyl (C=O) groups is 2. The second kappa shape index (κ2) is 6.18. The summed E-state index contributed by atoms with van der Waals surface area (Å²) in [4.78, 5) is 26.4. The summed E-state index contributed by atoms with van der Waals surface area (Å²) in [5, 5.41) is 9.35. The standard InChI is InChI=1S/C13H24N2O3/c1-13(12(17)18)8-4-5-9-15(13)10-6-7-11(16)14(2)3/h4-10H2,1-3H3,(H,17,18). The van der Waals surface area contributed by atoms with Crippen molar-refractivity contribution in [2.75, 3.05) is 27.2 Å². The zero-order chi connectivity index (χ0) is 13.8. The van der Waals surface area contributed by atoms with E-state index in [4.69, 9.17) is 0 Å². The molecule has 1 unspecified atom stereocenters. The highest BCUT2D eigenvalue weighted by Crippen LogP contribution is 2.28. The third-order valence-corrected chi connectivity index (χ3v) is 3.82. The fourth-order valence-corrected chi connectivity index (χ4v) is 2.42. The number of piperidine rings is 1. The van der Waals surface area contributed by atoms with E-state index in [1.165, 1.54) is 0 Å². The molecule has 1 N–H and O–H groups in total. The Bertz CT molecular complexity index is 317. The molecule has 1 heterocycles. The first-order chi connectivity index (χ1) is 8.38. The van der Waals surface area contributed by atoms with E-state index in [0.717, 1.165) is 25.8 Å². The molecule has 1 amide bonds. The first kappa shape index (κ1) is 15.0. The smallest absolute Gasteiger partial charge is 0.323 e. The van der Waals surface area contributed by atoms with E-state index < -0.39 is 11.5 Å². The molecule has 1 fully saturated rings. The van der Waals surface area contributed by atoms with Gasteiger partial charge >= 0.3 is 5.97 Å². The van der Waals surface area contributed by atoms with Crippen molar-refractivity contribution in [2.45, 2.75) is 44.6 Å². The van der Waals surface area contributed by atoms with Crippen molar-refractivity contribution in [2.24, 2.45) is 0 Å². The highest BCUT2D eigenvalue weighted by Gasteiger charge is 2.40. The second-order valence-electron chi connectivity index (χ2n) is 5.41. The molecule has 0 saturated carbocycles. The number of hydrogen-bond acceptors (Lipinski definition) is 3. The number of amides is 1. The lowest BCUT2D eigenvalue weighted by atomic mass is 9.88. The van der Waals surface area contributed by atoms with Crippen LogP contribution in [0.3, 0.4) is 0 Å².